The first-order valence-corrected chi connectivity index (χ1v) is 9.91. The van der Waals surface area contributed by atoms with E-state index in [1.54, 1.807) is 23.1 Å². The van der Waals surface area contributed by atoms with Crippen LogP contribution in [0.2, 0.25) is 5.02 Å². The van der Waals surface area contributed by atoms with E-state index >= 15 is 0 Å². The highest BCUT2D eigenvalue weighted by Gasteiger charge is 2.38. The monoisotopic (exact) mass is 430 g/mol. The van der Waals surface area contributed by atoms with E-state index in [0.717, 1.165) is 5.56 Å². The van der Waals surface area contributed by atoms with Crippen molar-refractivity contribution in [2.75, 3.05) is 25.6 Å². The van der Waals surface area contributed by atoms with Crippen LogP contribution in [0.5, 0.6) is 5.75 Å². The van der Waals surface area contributed by atoms with Gasteiger partial charge in [-0.1, -0.05) is 41.9 Å². The minimum Gasteiger partial charge on any atom is -0.495 e. The number of esters is 1. The van der Waals surface area contributed by atoms with Crippen LogP contribution in [0.1, 0.15) is 24.9 Å². The number of hydrogen-bond acceptors (Lipinski definition) is 5. The van der Waals surface area contributed by atoms with E-state index in [2.05, 4.69) is 5.32 Å². The molecule has 30 heavy (non-hydrogen) atoms. The lowest BCUT2D eigenvalue weighted by Gasteiger charge is -2.25. The van der Waals surface area contributed by atoms with Gasteiger partial charge in [0.05, 0.1) is 24.8 Å². The smallest absolute Gasteiger partial charge is 0.311 e. The number of anilines is 1. The number of nitrogens with zero attached hydrogens (tertiary/aromatic N) is 1. The summed E-state index contributed by atoms with van der Waals surface area (Å²) in [7, 11) is 1.47. The molecular weight excluding hydrogens is 408 g/mol. The Kier molecular flexibility index (Phi) is 6.95. The van der Waals surface area contributed by atoms with Crippen LogP contribution in [-0.2, 0) is 19.1 Å². The van der Waals surface area contributed by atoms with Crippen LogP contribution in [0.25, 0.3) is 0 Å². The fraction of sp³-hybridized carbons (Fsp3) is 0.318. The van der Waals surface area contributed by atoms with Gasteiger partial charge in [0, 0.05) is 18.0 Å². The van der Waals surface area contributed by atoms with E-state index in [-0.39, 0.29) is 24.9 Å². The van der Waals surface area contributed by atoms with Gasteiger partial charge in [-0.05, 0) is 30.7 Å². The minimum absolute atomic E-state index is 0.0692. The van der Waals surface area contributed by atoms with Crippen molar-refractivity contribution in [2.24, 2.45) is 5.92 Å². The normalized spacial score (nSPS) is 16.8. The first-order valence-electron chi connectivity index (χ1n) is 9.53. The molecule has 2 atom stereocenters. The summed E-state index contributed by atoms with van der Waals surface area (Å²) in [5.74, 6) is -1.37. The number of amides is 2. The second-order valence-electron chi connectivity index (χ2n) is 7.03. The summed E-state index contributed by atoms with van der Waals surface area (Å²) in [6.07, 6.45) is 0.0692. The van der Waals surface area contributed by atoms with Crippen LogP contribution in [0, 0.1) is 5.92 Å². The molecule has 2 aromatic rings. The van der Waals surface area contributed by atoms with Crippen LogP contribution >= 0.6 is 11.6 Å². The van der Waals surface area contributed by atoms with Gasteiger partial charge >= 0.3 is 5.97 Å². The molecule has 0 unspecified atom stereocenters. The zero-order chi connectivity index (χ0) is 21.7. The van der Waals surface area contributed by atoms with Crippen LogP contribution in [0.3, 0.4) is 0 Å². The van der Waals surface area contributed by atoms with Crippen molar-refractivity contribution >= 4 is 35.1 Å². The van der Waals surface area contributed by atoms with Crippen molar-refractivity contribution in [3.8, 4) is 5.75 Å². The summed E-state index contributed by atoms with van der Waals surface area (Å²) in [5.41, 5.74) is 1.37. The molecule has 0 spiro atoms. The number of nitrogens with one attached hydrogen (secondary N) is 1. The molecule has 1 heterocycles. The van der Waals surface area contributed by atoms with Gasteiger partial charge in [0.2, 0.25) is 5.91 Å². The third-order valence-electron chi connectivity index (χ3n) is 5.02. The molecule has 3 rings (SSSR count). The summed E-state index contributed by atoms with van der Waals surface area (Å²) < 4.78 is 10.3. The van der Waals surface area contributed by atoms with E-state index in [9.17, 15) is 14.4 Å². The summed E-state index contributed by atoms with van der Waals surface area (Å²) >= 11 is 5.94. The van der Waals surface area contributed by atoms with Gasteiger partial charge in [-0.3, -0.25) is 14.4 Å². The standard InChI is InChI=1S/C22H23ClN2O5/c1-14(15-6-4-3-5-7-15)25-12-16(10-21(25)27)22(28)30-13-20(26)24-18-11-17(23)8-9-19(18)29-2/h3-9,11,14,16H,10,12-13H2,1-2H3,(H,24,26)/t14-,16-/m0/s1. The van der Waals surface area contributed by atoms with Crippen molar-refractivity contribution in [1.29, 1.82) is 0 Å². The van der Waals surface area contributed by atoms with Crippen molar-refractivity contribution < 1.29 is 23.9 Å². The molecule has 1 aliphatic heterocycles. The van der Waals surface area contributed by atoms with Gasteiger partial charge < -0.3 is 19.7 Å². The second kappa shape index (κ2) is 9.63. The molecule has 0 radical (unpaired) electrons. The quantitative estimate of drug-likeness (QED) is 0.680. The number of halogens is 1. The lowest BCUT2D eigenvalue weighted by atomic mass is 10.1. The van der Waals surface area contributed by atoms with Gasteiger partial charge in [-0.25, -0.2) is 0 Å². The number of carbonyl (C=O) groups is 3. The molecule has 0 aromatic heterocycles. The maximum absolute atomic E-state index is 12.4. The minimum atomic E-state index is -0.600. The molecule has 1 saturated heterocycles. The molecule has 1 fully saturated rings. The average molecular weight is 431 g/mol. The molecule has 0 bridgehead atoms. The maximum atomic E-state index is 12.4. The molecular formula is C22H23ClN2O5. The van der Waals surface area contributed by atoms with Crippen LogP contribution in [0.15, 0.2) is 48.5 Å². The van der Waals surface area contributed by atoms with Gasteiger partial charge in [-0.15, -0.1) is 0 Å². The van der Waals surface area contributed by atoms with Crippen LogP contribution < -0.4 is 10.1 Å². The zero-order valence-electron chi connectivity index (χ0n) is 16.8. The van der Waals surface area contributed by atoms with Crippen molar-refractivity contribution in [1.82, 2.24) is 4.90 Å². The highest BCUT2D eigenvalue weighted by Crippen LogP contribution is 2.29. The Labute approximate surface area is 179 Å². The molecule has 0 saturated carbocycles. The van der Waals surface area contributed by atoms with E-state index < -0.39 is 24.4 Å². The maximum Gasteiger partial charge on any atom is 0.311 e. The Morgan fingerprint density at radius 3 is 2.67 bits per heavy atom. The van der Waals surface area contributed by atoms with E-state index in [4.69, 9.17) is 21.1 Å². The first-order chi connectivity index (χ1) is 14.4. The number of likely N-dealkylation sites (tertiary alicyclic amines) is 1. The highest BCUT2D eigenvalue weighted by atomic mass is 35.5. The number of ether oxygens (including phenoxy) is 2. The molecule has 7 nitrogen and oxygen atoms in total. The second-order valence-corrected chi connectivity index (χ2v) is 7.47. The predicted molar refractivity (Wildman–Crippen MR) is 112 cm³/mol. The number of benzene rings is 2. The fourth-order valence-electron chi connectivity index (χ4n) is 3.39. The van der Waals surface area contributed by atoms with E-state index in [1.165, 1.54) is 7.11 Å². The third-order valence-corrected chi connectivity index (χ3v) is 5.26. The number of hydrogen-bond donors (Lipinski definition) is 1. The molecule has 2 amide bonds. The Morgan fingerprint density at radius 1 is 1.23 bits per heavy atom. The first kappa shape index (κ1) is 21.6. The van der Waals surface area contributed by atoms with Crippen molar-refractivity contribution in [3.05, 3.63) is 59.1 Å². The van der Waals surface area contributed by atoms with Crippen LogP contribution in [0.4, 0.5) is 5.69 Å². The summed E-state index contributed by atoms with van der Waals surface area (Å²) in [6.45, 7) is 1.72. The Hall–Kier alpha value is -3.06. The topological polar surface area (TPSA) is 84.9 Å². The number of carbonyl (C=O) groups excluding carboxylic acids is 3. The van der Waals surface area contributed by atoms with Gasteiger partial charge in [0.25, 0.3) is 5.91 Å². The average Bonchev–Trinajstić information content (AvgIpc) is 3.14. The van der Waals surface area contributed by atoms with Gasteiger partial charge in [0.15, 0.2) is 6.61 Å². The Morgan fingerprint density at radius 2 is 1.97 bits per heavy atom. The fourth-order valence-corrected chi connectivity index (χ4v) is 3.57. The largest absolute Gasteiger partial charge is 0.495 e. The lowest BCUT2D eigenvalue weighted by Crippen LogP contribution is -2.30. The Bertz CT molecular complexity index is 934. The van der Waals surface area contributed by atoms with Gasteiger partial charge in [0.1, 0.15) is 5.75 Å². The molecule has 1 aliphatic rings. The molecule has 0 aliphatic carbocycles. The summed E-state index contributed by atoms with van der Waals surface area (Å²) in [5, 5.41) is 3.03. The predicted octanol–water partition coefficient (Wildman–Crippen LogP) is 3.44. The molecule has 1 N–H and O–H groups in total. The zero-order valence-corrected chi connectivity index (χ0v) is 17.5. The molecule has 158 valence electrons. The summed E-state index contributed by atoms with van der Waals surface area (Å²) in [6, 6.07) is 14.3. The lowest BCUT2D eigenvalue weighted by molar-refractivity contribution is -0.151. The highest BCUT2D eigenvalue weighted by molar-refractivity contribution is 6.31. The molecule has 2 aromatic carbocycles. The summed E-state index contributed by atoms with van der Waals surface area (Å²) in [4.78, 5) is 38.6. The molecule has 8 heteroatoms. The van der Waals surface area contributed by atoms with Crippen molar-refractivity contribution in [2.45, 2.75) is 19.4 Å². The SMILES string of the molecule is COc1ccc(Cl)cc1NC(=O)COC(=O)[C@H]1CC(=O)N([C@@H](C)c2ccccc2)C1. The third kappa shape index (κ3) is 5.10. The van der Waals surface area contributed by atoms with E-state index in [1.807, 2.05) is 37.3 Å². The number of methoxy groups -OCH3 is 1. The number of rotatable bonds is 7. The van der Waals surface area contributed by atoms with Gasteiger partial charge in [-0.2, -0.15) is 0 Å². The van der Waals surface area contributed by atoms with Crippen molar-refractivity contribution in [3.63, 3.8) is 0 Å². The Balaban J connectivity index is 1.53. The van der Waals surface area contributed by atoms with Crippen LogP contribution in [-0.4, -0.2) is 42.9 Å². The van der Waals surface area contributed by atoms with E-state index in [0.29, 0.717) is 16.5 Å².